The molecule has 0 unspecified atom stereocenters. The van der Waals surface area contributed by atoms with Gasteiger partial charge in [0.15, 0.2) is 11.8 Å². The molecule has 6 nitrogen and oxygen atoms in total. The molecule has 0 aliphatic heterocycles. The van der Waals surface area contributed by atoms with Gasteiger partial charge in [-0.25, -0.2) is 4.99 Å². The van der Waals surface area contributed by atoms with Gasteiger partial charge in [-0.05, 0) is 31.5 Å². The van der Waals surface area contributed by atoms with Gasteiger partial charge in [-0.15, -0.1) is 34.2 Å². The van der Waals surface area contributed by atoms with Crippen LogP contribution in [0.2, 0.25) is 5.02 Å². The van der Waals surface area contributed by atoms with E-state index in [1.807, 2.05) is 35.9 Å². The lowest BCUT2D eigenvalue weighted by atomic mass is 10.2. The fraction of sp³-hybridized carbons (Fsp3) is 0.438. The van der Waals surface area contributed by atoms with Gasteiger partial charge in [0.25, 0.3) is 0 Å². The predicted molar refractivity (Wildman–Crippen MR) is 109 cm³/mol. The minimum absolute atomic E-state index is 0. The maximum Gasteiger partial charge on any atom is 0.194 e. The first-order valence-corrected chi connectivity index (χ1v) is 8.12. The second-order valence-electron chi connectivity index (χ2n) is 5.19. The van der Waals surface area contributed by atoms with Gasteiger partial charge in [0.2, 0.25) is 0 Å². The first-order chi connectivity index (χ1) is 11.1. The summed E-state index contributed by atoms with van der Waals surface area (Å²) in [5, 5.41) is 12.1. The normalized spacial score (nSPS) is 11.1. The third kappa shape index (κ3) is 5.94. The van der Waals surface area contributed by atoms with E-state index in [1.54, 1.807) is 6.33 Å². The molecule has 0 fully saturated rings. The standard InChI is InChI=1S/C16H23ClN6.HI/c1-4-18-16(19-10-15-21-20-12-23(15)5-2)22(3)11-13-6-8-14(17)9-7-13;/h6-9,12H,4-5,10-11H2,1-3H3,(H,18,19);1H. The molecule has 0 atom stereocenters. The number of halogens is 2. The number of aliphatic imine (C=N–C) groups is 1. The van der Waals surface area contributed by atoms with Crippen molar-refractivity contribution in [3.05, 3.63) is 47.0 Å². The molecule has 2 rings (SSSR count). The molecule has 0 radical (unpaired) electrons. The van der Waals surface area contributed by atoms with Crippen LogP contribution in [0.5, 0.6) is 0 Å². The van der Waals surface area contributed by atoms with Crippen molar-refractivity contribution in [1.29, 1.82) is 0 Å². The summed E-state index contributed by atoms with van der Waals surface area (Å²) in [4.78, 5) is 6.74. The zero-order valence-electron chi connectivity index (χ0n) is 14.2. The molecule has 0 saturated heterocycles. The molecule has 24 heavy (non-hydrogen) atoms. The molecule has 1 N–H and O–H groups in total. The average Bonchev–Trinajstić information content (AvgIpc) is 3.01. The maximum absolute atomic E-state index is 5.93. The quantitative estimate of drug-likeness (QED) is 0.407. The molecule has 1 aromatic carbocycles. The van der Waals surface area contributed by atoms with Crippen LogP contribution in [-0.2, 0) is 19.6 Å². The van der Waals surface area contributed by atoms with Gasteiger partial charge >= 0.3 is 0 Å². The van der Waals surface area contributed by atoms with Crippen LogP contribution in [0.4, 0.5) is 0 Å². The van der Waals surface area contributed by atoms with Crippen molar-refractivity contribution in [1.82, 2.24) is 25.0 Å². The number of guanidine groups is 1. The molecule has 0 aliphatic rings. The van der Waals surface area contributed by atoms with Crippen molar-refractivity contribution in [2.75, 3.05) is 13.6 Å². The summed E-state index contributed by atoms with van der Waals surface area (Å²) in [7, 11) is 2.01. The molecule has 0 saturated carbocycles. The third-order valence-electron chi connectivity index (χ3n) is 3.44. The van der Waals surface area contributed by atoms with Crippen LogP contribution in [0.3, 0.4) is 0 Å². The minimum atomic E-state index is 0. The van der Waals surface area contributed by atoms with Gasteiger partial charge in [-0.2, -0.15) is 0 Å². The summed E-state index contributed by atoms with van der Waals surface area (Å²) >= 11 is 5.93. The average molecular weight is 463 g/mol. The zero-order valence-corrected chi connectivity index (χ0v) is 17.3. The number of benzene rings is 1. The minimum Gasteiger partial charge on any atom is -0.357 e. The summed E-state index contributed by atoms with van der Waals surface area (Å²) in [6.45, 7) is 7.03. The Bertz CT molecular complexity index is 640. The van der Waals surface area contributed by atoms with Gasteiger partial charge in [-0.1, -0.05) is 23.7 Å². The van der Waals surface area contributed by atoms with Crippen LogP contribution in [0, 0.1) is 0 Å². The van der Waals surface area contributed by atoms with Crippen LogP contribution in [0.15, 0.2) is 35.6 Å². The van der Waals surface area contributed by atoms with Crippen molar-refractivity contribution in [3.8, 4) is 0 Å². The van der Waals surface area contributed by atoms with Crippen LogP contribution in [0.25, 0.3) is 0 Å². The number of rotatable bonds is 6. The molecule has 0 bridgehead atoms. The molecule has 1 aromatic heterocycles. The van der Waals surface area contributed by atoms with E-state index in [9.17, 15) is 0 Å². The third-order valence-corrected chi connectivity index (χ3v) is 3.69. The molecule has 0 spiro atoms. The van der Waals surface area contributed by atoms with Gasteiger partial charge in [0.05, 0.1) is 0 Å². The summed E-state index contributed by atoms with van der Waals surface area (Å²) in [6.07, 6.45) is 1.73. The van der Waals surface area contributed by atoms with E-state index >= 15 is 0 Å². The first kappa shape index (κ1) is 20.7. The maximum atomic E-state index is 5.93. The highest BCUT2D eigenvalue weighted by Gasteiger charge is 2.08. The van der Waals surface area contributed by atoms with Gasteiger partial charge < -0.3 is 14.8 Å². The van der Waals surface area contributed by atoms with Gasteiger partial charge in [0, 0.05) is 31.7 Å². The summed E-state index contributed by atoms with van der Waals surface area (Å²) in [5.41, 5.74) is 1.18. The predicted octanol–water partition coefficient (Wildman–Crippen LogP) is 3.17. The largest absolute Gasteiger partial charge is 0.357 e. The van der Waals surface area contributed by atoms with Crippen molar-refractivity contribution in [2.24, 2.45) is 4.99 Å². The number of aromatic nitrogens is 3. The Balaban J connectivity index is 0.00000288. The number of hydrogen-bond acceptors (Lipinski definition) is 3. The summed E-state index contributed by atoms with van der Waals surface area (Å²) in [5.74, 6) is 1.70. The van der Waals surface area contributed by atoms with Gasteiger partial charge in [0.1, 0.15) is 12.9 Å². The SMILES string of the molecule is CCNC(=NCc1nncn1CC)N(C)Cc1ccc(Cl)cc1.I. The fourth-order valence-electron chi connectivity index (χ4n) is 2.22. The topological polar surface area (TPSA) is 58.3 Å². The molecule has 0 aliphatic carbocycles. The smallest absolute Gasteiger partial charge is 0.194 e. The Morgan fingerprint density at radius 3 is 2.62 bits per heavy atom. The van der Waals surface area contributed by atoms with Gasteiger partial charge in [-0.3, -0.25) is 0 Å². The van der Waals surface area contributed by atoms with Crippen LogP contribution in [-0.4, -0.2) is 39.2 Å². The number of aryl methyl sites for hydroxylation is 1. The van der Waals surface area contributed by atoms with Crippen molar-refractivity contribution in [3.63, 3.8) is 0 Å². The van der Waals surface area contributed by atoms with E-state index in [1.165, 1.54) is 5.56 Å². The first-order valence-electron chi connectivity index (χ1n) is 7.74. The van der Waals surface area contributed by atoms with Crippen LogP contribution < -0.4 is 5.32 Å². The second-order valence-corrected chi connectivity index (χ2v) is 5.62. The fourth-order valence-corrected chi connectivity index (χ4v) is 2.35. The van der Waals surface area contributed by atoms with E-state index in [0.717, 1.165) is 36.4 Å². The van der Waals surface area contributed by atoms with E-state index in [-0.39, 0.29) is 24.0 Å². The molecular weight excluding hydrogens is 439 g/mol. The highest BCUT2D eigenvalue weighted by Crippen LogP contribution is 2.11. The Morgan fingerprint density at radius 2 is 2.00 bits per heavy atom. The van der Waals surface area contributed by atoms with Crippen molar-refractivity contribution in [2.45, 2.75) is 33.5 Å². The van der Waals surface area contributed by atoms with Crippen LogP contribution in [0.1, 0.15) is 25.2 Å². The highest BCUT2D eigenvalue weighted by atomic mass is 127. The lowest BCUT2D eigenvalue weighted by Crippen LogP contribution is -2.38. The van der Waals surface area contributed by atoms with Crippen LogP contribution >= 0.6 is 35.6 Å². The molecule has 1 heterocycles. The molecular formula is C16H24ClIN6. The highest BCUT2D eigenvalue weighted by molar-refractivity contribution is 14.0. The molecule has 8 heteroatoms. The lowest BCUT2D eigenvalue weighted by Gasteiger charge is -2.22. The Kier molecular flexibility index (Phi) is 9.05. The Morgan fingerprint density at radius 1 is 1.29 bits per heavy atom. The Hall–Kier alpha value is -1.35. The van der Waals surface area contributed by atoms with Crippen molar-refractivity contribution < 1.29 is 0 Å². The number of hydrogen-bond donors (Lipinski definition) is 1. The number of nitrogens with zero attached hydrogens (tertiary/aromatic N) is 5. The number of nitrogens with one attached hydrogen (secondary N) is 1. The van der Waals surface area contributed by atoms with Crippen molar-refractivity contribution >= 4 is 41.5 Å². The lowest BCUT2D eigenvalue weighted by molar-refractivity contribution is 0.476. The molecule has 2 aromatic rings. The summed E-state index contributed by atoms with van der Waals surface area (Å²) in [6, 6.07) is 7.85. The van der Waals surface area contributed by atoms with E-state index < -0.39 is 0 Å². The van der Waals surface area contributed by atoms with E-state index in [2.05, 4.69) is 39.3 Å². The monoisotopic (exact) mass is 462 g/mol. The summed E-state index contributed by atoms with van der Waals surface area (Å²) < 4.78 is 1.99. The Labute approximate surface area is 165 Å². The van der Waals surface area contributed by atoms with E-state index in [4.69, 9.17) is 11.6 Å². The van der Waals surface area contributed by atoms with E-state index in [0.29, 0.717) is 6.54 Å². The molecule has 132 valence electrons. The molecule has 0 amide bonds. The zero-order chi connectivity index (χ0) is 16.7. The second kappa shape index (κ2) is 10.5.